The fraction of sp³-hybridized carbons (Fsp3) is 0.208. The van der Waals surface area contributed by atoms with Gasteiger partial charge in [0.1, 0.15) is 17.0 Å². The monoisotopic (exact) mass is 467 g/mol. The van der Waals surface area contributed by atoms with E-state index in [9.17, 15) is 4.79 Å². The van der Waals surface area contributed by atoms with Crippen LogP contribution in [-0.2, 0) is 11.8 Å². The van der Waals surface area contributed by atoms with Crippen molar-refractivity contribution in [3.05, 3.63) is 59.1 Å². The van der Waals surface area contributed by atoms with Gasteiger partial charge >= 0.3 is 5.97 Å². The van der Waals surface area contributed by atoms with Gasteiger partial charge in [-0.1, -0.05) is 23.7 Å². The normalized spacial score (nSPS) is 11.0. The van der Waals surface area contributed by atoms with Gasteiger partial charge < -0.3 is 9.47 Å². The van der Waals surface area contributed by atoms with E-state index in [0.717, 1.165) is 32.9 Å². The van der Waals surface area contributed by atoms with Crippen molar-refractivity contribution in [1.82, 2.24) is 14.8 Å². The molecule has 164 valence electrons. The van der Waals surface area contributed by atoms with E-state index in [2.05, 4.69) is 0 Å². The molecule has 0 fully saturated rings. The number of ether oxygens (including phenoxy) is 2. The van der Waals surface area contributed by atoms with Crippen LogP contribution in [0.1, 0.15) is 17.3 Å². The van der Waals surface area contributed by atoms with Crippen molar-refractivity contribution in [1.29, 1.82) is 0 Å². The molecule has 0 unspecified atom stereocenters. The number of hydrogen-bond acceptors (Lipinski definition) is 6. The summed E-state index contributed by atoms with van der Waals surface area (Å²) < 4.78 is 12.4. The van der Waals surface area contributed by atoms with E-state index in [1.54, 1.807) is 18.7 Å². The number of thioether (sulfide) groups is 1. The number of carbonyl (C=O) groups excluding carboxylic acids is 1. The molecule has 2 aromatic carbocycles. The van der Waals surface area contributed by atoms with Crippen molar-refractivity contribution in [2.24, 2.45) is 7.05 Å². The minimum absolute atomic E-state index is 0.268. The second kappa shape index (κ2) is 9.22. The zero-order valence-corrected chi connectivity index (χ0v) is 19.8. The molecule has 6 nitrogen and oxygen atoms in total. The molecule has 2 heterocycles. The number of fused-ring (bicyclic) bond motifs is 1. The van der Waals surface area contributed by atoms with Crippen LogP contribution in [0.3, 0.4) is 0 Å². The van der Waals surface area contributed by atoms with E-state index < -0.39 is 5.97 Å². The number of pyridine rings is 1. The highest BCUT2D eigenvalue weighted by Crippen LogP contribution is 2.40. The van der Waals surface area contributed by atoms with Crippen LogP contribution in [0.4, 0.5) is 0 Å². The summed E-state index contributed by atoms with van der Waals surface area (Å²) in [4.78, 5) is 18.8. The van der Waals surface area contributed by atoms with Gasteiger partial charge in [-0.3, -0.25) is 0 Å². The lowest BCUT2D eigenvalue weighted by molar-refractivity contribution is 0.0523. The maximum Gasteiger partial charge on any atom is 0.341 e. The number of benzene rings is 2. The summed E-state index contributed by atoms with van der Waals surface area (Å²) in [7, 11) is 3.46. The van der Waals surface area contributed by atoms with Gasteiger partial charge in [0.2, 0.25) is 0 Å². The standard InChI is InChI=1S/C24H22ClN3O3S/c1-5-31-24(29)19-20(14-8-12-17(30-3)13-9-14)26-23-18(22(19)32-4)21(27-28(23)2)15-6-10-16(25)11-7-15/h6-13H,5H2,1-4H3. The van der Waals surface area contributed by atoms with Crippen LogP contribution in [0, 0.1) is 0 Å². The number of carbonyl (C=O) groups is 1. The van der Waals surface area contributed by atoms with E-state index in [-0.39, 0.29) is 6.61 Å². The fourth-order valence-electron chi connectivity index (χ4n) is 3.61. The Balaban J connectivity index is 2.06. The van der Waals surface area contributed by atoms with Crippen LogP contribution in [-0.4, -0.2) is 40.7 Å². The maximum atomic E-state index is 13.1. The Labute approximate surface area is 195 Å². The SMILES string of the molecule is CCOC(=O)c1c(-c2ccc(OC)cc2)nc2c(c(-c3ccc(Cl)cc3)nn2C)c1SC. The third-order valence-electron chi connectivity index (χ3n) is 5.09. The molecule has 0 radical (unpaired) electrons. The zero-order valence-electron chi connectivity index (χ0n) is 18.2. The largest absolute Gasteiger partial charge is 0.497 e. The molecule has 0 aliphatic heterocycles. The molecule has 0 amide bonds. The molecule has 0 N–H and O–H groups in total. The summed E-state index contributed by atoms with van der Waals surface area (Å²) in [6, 6.07) is 14.9. The highest BCUT2D eigenvalue weighted by atomic mass is 35.5. The van der Waals surface area contributed by atoms with Gasteiger partial charge in [0.15, 0.2) is 5.65 Å². The van der Waals surface area contributed by atoms with Gasteiger partial charge in [0.25, 0.3) is 0 Å². The van der Waals surface area contributed by atoms with Crippen LogP contribution >= 0.6 is 23.4 Å². The number of esters is 1. The zero-order chi connectivity index (χ0) is 22.8. The molecule has 0 atom stereocenters. The molecule has 0 aliphatic rings. The quantitative estimate of drug-likeness (QED) is 0.261. The predicted molar refractivity (Wildman–Crippen MR) is 129 cm³/mol. The Morgan fingerprint density at radius 2 is 1.69 bits per heavy atom. The molecule has 2 aromatic heterocycles. The summed E-state index contributed by atoms with van der Waals surface area (Å²) in [6.45, 7) is 2.06. The summed E-state index contributed by atoms with van der Waals surface area (Å²) >= 11 is 7.56. The van der Waals surface area contributed by atoms with Crippen LogP contribution in [0.2, 0.25) is 5.02 Å². The first-order valence-electron chi connectivity index (χ1n) is 10.0. The molecular weight excluding hydrogens is 446 g/mol. The van der Waals surface area contributed by atoms with E-state index in [4.69, 9.17) is 31.2 Å². The van der Waals surface area contributed by atoms with Crippen LogP contribution in [0.25, 0.3) is 33.5 Å². The van der Waals surface area contributed by atoms with Crippen molar-refractivity contribution in [3.8, 4) is 28.3 Å². The van der Waals surface area contributed by atoms with Crippen molar-refractivity contribution in [2.45, 2.75) is 11.8 Å². The van der Waals surface area contributed by atoms with Gasteiger partial charge in [0, 0.05) is 28.1 Å². The summed E-state index contributed by atoms with van der Waals surface area (Å²) in [5.41, 5.74) is 4.08. The number of aromatic nitrogens is 3. The average molecular weight is 468 g/mol. The summed E-state index contributed by atoms with van der Waals surface area (Å²) in [5.74, 6) is 0.311. The molecule has 0 saturated carbocycles. The van der Waals surface area contributed by atoms with Crippen LogP contribution in [0.5, 0.6) is 5.75 Å². The average Bonchev–Trinajstić information content (AvgIpc) is 3.14. The number of rotatable bonds is 6. The number of aryl methyl sites for hydroxylation is 1. The molecule has 4 aromatic rings. The number of halogens is 1. The van der Waals surface area contributed by atoms with Crippen molar-refractivity contribution >= 4 is 40.4 Å². The highest BCUT2D eigenvalue weighted by molar-refractivity contribution is 7.99. The molecule has 32 heavy (non-hydrogen) atoms. The van der Waals surface area contributed by atoms with Crippen molar-refractivity contribution < 1.29 is 14.3 Å². The number of hydrogen-bond donors (Lipinski definition) is 0. The van der Waals surface area contributed by atoms with Gasteiger partial charge in [-0.15, -0.1) is 11.8 Å². The molecule has 0 aliphatic carbocycles. The molecule has 4 rings (SSSR count). The highest BCUT2D eigenvalue weighted by Gasteiger charge is 2.27. The minimum Gasteiger partial charge on any atom is -0.497 e. The molecule has 0 spiro atoms. The fourth-order valence-corrected chi connectivity index (χ4v) is 4.51. The minimum atomic E-state index is -0.414. The van der Waals surface area contributed by atoms with Gasteiger partial charge in [-0.05, 0) is 49.6 Å². The van der Waals surface area contributed by atoms with E-state index in [1.807, 2.05) is 61.8 Å². The lowest BCUT2D eigenvalue weighted by atomic mass is 10.0. The first-order chi connectivity index (χ1) is 15.5. The van der Waals surface area contributed by atoms with Gasteiger partial charge in [-0.25, -0.2) is 14.5 Å². The van der Waals surface area contributed by atoms with Crippen molar-refractivity contribution in [3.63, 3.8) is 0 Å². The lowest BCUT2D eigenvalue weighted by Gasteiger charge is -2.14. The Kier molecular flexibility index (Phi) is 6.39. The second-order valence-corrected chi connectivity index (χ2v) is 8.25. The summed E-state index contributed by atoms with van der Waals surface area (Å²) in [6.07, 6.45) is 1.94. The Morgan fingerprint density at radius 1 is 1.06 bits per heavy atom. The third-order valence-corrected chi connectivity index (χ3v) is 6.16. The molecule has 0 bridgehead atoms. The smallest absolute Gasteiger partial charge is 0.341 e. The van der Waals surface area contributed by atoms with Crippen LogP contribution < -0.4 is 4.74 Å². The van der Waals surface area contributed by atoms with E-state index in [1.165, 1.54) is 11.8 Å². The Bertz CT molecular complexity index is 1290. The Hall–Kier alpha value is -3.03. The number of nitrogens with zero attached hydrogens (tertiary/aromatic N) is 3. The molecule has 0 saturated heterocycles. The van der Waals surface area contributed by atoms with Crippen LogP contribution in [0.15, 0.2) is 53.4 Å². The van der Waals surface area contributed by atoms with E-state index >= 15 is 0 Å². The first-order valence-corrected chi connectivity index (χ1v) is 11.6. The first kappa shape index (κ1) is 22.2. The lowest BCUT2D eigenvalue weighted by Crippen LogP contribution is -2.10. The second-order valence-electron chi connectivity index (χ2n) is 7.00. The molecule has 8 heteroatoms. The Morgan fingerprint density at radius 3 is 2.28 bits per heavy atom. The maximum absolute atomic E-state index is 13.1. The third kappa shape index (κ3) is 3.94. The summed E-state index contributed by atoms with van der Waals surface area (Å²) in [5, 5.41) is 6.19. The number of methoxy groups -OCH3 is 1. The van der Waals surface area contributed by atoms with Crippen molar-refractivity contribution in [2.75, 3.05) is 20.0 Å². The van der Waals surface area contributed by atoms with Gasteiger partial charge in [-0.2, -0.15) is 5.10 Å². The topological polar surface area (TPSA) is 66.2 Å². The van der Waals surface area contributed by atoms with Gasteiger partial charge in [0.05, 0.1) is 24.8 Å². The predicted octanol–water partition coefficient (Wildman–Crippen LogP) is 5.86. The molecular formula is C24H22ClN3O3S. The van der Waals surface area contributed by atoms with E-state index in [0.29, 0.717) is 21.9 Å².